The quantitative estimate of drug-likeness (QED) is 0.743. The molecule has 2 nitrogen and oxygen atoms in total. The molecule has 1 aliphatic rings. The lowest BCUT2D eigenvalue weighted by molar-refractivity contribution is 0.0792. The van der Waals surface area contributed by atoms with Crippen LogP contribution in [-0.2, 0) is 0 Å². The normalized spacial score (nSPS) is 15.2. The predicted octanol–water partition coefficient (Wildman–Crippen LogP) is 2.87. The van der Waals surface area contributed by atoms with Crippen LogP contribution < -0.4 is 0 Å². The SMILES string of the molecule is C=Cc1ccc(C)c(C(=O)N2CCCC2)c1. The predicted molar refractivity (Wildman–Crippen MR) is 66.4 cm³/mol. The highest BCUT2D eigenvalue weighted by Crippen LogP contribution is 2.17. The molecule has 1 aliphatic heterocycles. The Hall–Kier alpha value is -1.57. The van der Waals surface area contributed by atoms with Gasteiger partial charge in [-0.2, -0.15) is 0 Å². The largest absolute Gasteiger partial charge is 0.339 e. The lowest BCUT2D eigenvalue weighted by Crippen LogP contribution is -2.28. The zero-order valence-corrected chi connectivity index (χ0v) is 9.70. The van der Waals surface area contributed by atoms with Crippen LogP contribution in [0.2, 0.25) is 0 Å². The van der Waals surface area contributed by atoms with Gasteiger partial charge in [-0.25, -0.2) is 0 Å². The van der Waals surface area contributed by atoms with Crippen molar-refractivity contribution >= 4 is 12.0 Å². The Balaban J connectivity index is 2.30. The molecule has 0 bridgehead atoms. The molecule has 0 saturated carbocycles. The first kappa shape index (κ1) is 10.9. The van der Waals surface area contributed by atoms with Gasteiger partial charge in [-0.15, -0.1) is 0 Å². The average Bonchev–Trinajstić information content (AvgIpc) is 2.82. The standard InChI is InChI=1S/C14H17NO/c1-3-12-7-6-11(2)13(10-12)14(16)15-8-4-5-9-15/h3,6-7,10H,1,4-5,8-9H2,2H3. The summed E-state index contributed by atoms with van der Waals surface area (Å²) in [6, 6.07) is 5.91. The number of hydrogen-bond acceptors (Lipinski definition) is 1. The molecule has 1 aromatic rings. The topological polar surface area (TPSA) is 20.3 Å². The van der Waals surface area contributed by atoms with Crippen molar-refractivity contribution in [3.63, 3.8) is 0 Å². The molecule has 1 fully saturated rings. The molecule has 0 atom stereocenters. The molecule has 0 spiro atoms. The van der Waals surface area contributed by atoms with Crippen LogP contribution >= 0.6 is 0 Å². The van der Waals surface area contributed by atoms with Gasteiger partial charge in [-0.3, -0.25) is 4.79 Å². The van der Waals surface area contributed by atoms with E-state index in [-0.39, 0.29) is 5.91 Å². The van der Waals surface area contributed by atoms with Gasteiger partial charge in [0, 0.05) is 18.7 Å². The highest BCUT2D eigenvalue weighted by Gasteiger charge is 2.20. The Morgan fingerprint density at radius 3 is 2.69 bits per heavy atom. The number of benzene rings is 1. The number of likely N-dealkylation sites (tertiary alicyclic amines) is 1. The van der Waals surface area contributed by atoms with Gasteiger partial charge in [0.25, 0.3) is 5.91 Å². The molecule has 0 radical (unpaired) electrons. The zero-order chi connectivity index (χ0) is 11.5. The van der Waals surface area contributed by atoms with E-state index < -0.39 is 0 Å². The van der Waals surface area contributed by atoms with Gasteiger partial charge in [0.15, 0.2) is 0 Å². The minimum atomic E-state index is 0.165. The maximum atomic E-state index is 12.2. The van der Waals surface area contributed by atoms with E-state index in [0.29, 0.717) is 0 Å². The lowest BCUT2D eigenvalue weighted by Gasteiger charge is -2.17. The summed E-state index contributed by atoms with van der Waals surface area (Å²) in [6.45, 7) is 7.51. The number of carbonyl (C=O) groups excluding carboxylic acids is 1. The first-order valence-corrected chi connectivity index (χ1v) is 5.75. The van der Waals surface area contributed by atoms with Crippen molar-refractivity contribution in [3.05, 3.63) is 41.5 Å². The fourth-order valence-corrected chi connectivity index (χ4v) is 2.09. The molecular weight excluding hydrogens is 198 g/mol. The Morgan fingerprint density at radius 1 is 1.38 bits per heavy atom. The Kier molecular flexibility index (Phi) is 3.09. The highest BCUT2D eigenvalue weighted by molar-refractivity contribution is 5.96. The molecule has 1 heterocycles. The van der Waals surface area contributed by atoms with Crippen LogP contribution in [0.3, 0.4) is 0 Å². The van der Waals surface area contributed by atoms with Crippen LogP contribution in [0.15, 0.2) is 24.8 Å². The third-order valence-corrected chi connectivity index (χ3v) is 3.12. The number of aryl methyl sites for hydroxylation is 1. The van der Waals surface area contributed by atoms with Gasteiger partial charge in [0.05, 0.1) is 0 Å². The van der Waals surface area contributed by atoms with Crippen LogP contribution in [0.25, 0.3) is 6.08 Å². The third kappa shape index (κ3) is 2.01. The van der Waals surface area contributed by atoms with Crippen molar-refractivity contribution in [2.75, 3.05) is 13.1 Å². The minimum Gasteiger partial charge on any atom is -0.339 e. The van der Waals surface area contributed by atoms with Gasteiger partial charge in [-0.1, -0.05) is 24.8 Å². The van der Waals surface area contributed by atoms with Crippen LogP contribution in [0.5, 0.6) is 0 Å². The number of nitrogens with zero attached hydrogens (tertiary/aromatic N) is 1. The summed E-state index contributed by atoms with van der Waals surface area (Å²) in [5.41, 5.74) is 2.87. The van der Waals surface area contributed by atoms with Gasteiger partial charge < -0.3 is 4.90 Å². The lowest BCUT2D eigenvalue weighted by atomic mass is 10.0. The monoisotopic (exact) mass is 215 g/mol. The van der Waals surface area contributed by atoms with Gasteiger partial charge >= 0.3 is 0 Å². The fourth-order valence-electron chi connectivity index (χ4n) is 2.09. The summed E-state index contributed by atoms with van der Waals surface area (Å²) in [5, 5.41) is 0. The van der Waals surface area contributed by atoms with E-state index >= 15 is 0 Å². The summed E-state index contributed by atoms with van der Waals surface area (Å²) >= 11 is 0. The van der Waals surface area contributed by atoms with E-state index in [1.165, 1.54) is 0 Å². The van der Waals surface area contributed by atoms with Crippen LogP contribution in [0.1, 0.15) is 34.3 Å². The summed E-state index contributed by atoms with van der Waals surface area (Å²) in [5.74, 6) is 0.165. The van der Waals surface area contributed by atoms with E-state index in [2.05, 4.69) is 6.58 Å². The maximum Gasteiger partial charge on any atom is 0.254 e. The van der Waals surface area contributed by atoms with E-state index in [4.69, 9.17) is 0 Å². The van der Waals surface area contributed by atoms with E-state index in [0.717, 1.165) is 42.6 Å². The van der Waals surface area contributed by atoms with E-state index in [1.807, 2.05) is 30.0 Å². The zero-order valence-electron chi connectivity index (χ0n) is 9.70. The van der Waals surface area contributed by atoms with Crippen molar-refractivity contribution in [3.8, 4) is 0 Å². The molecule has 16 heavy (non-hydrogen) atoms. The number of rotatable bonds is 2. The summed E-state index contributed by atoms with van der Waals surface area (Å²) < 4.78 is 0. The number of carbonyl (C=O) groups is 1. The van der Waals surface area contributed by atoms with Gasteiger partial charge in [0.1, 0.15) is 0 Å². The summed E-state index contributed by atoms with van der Waals surface area (Å²) in [6.07, 6.45) is 4.04. The van der Waals surface area contributed by atoms with E-state index in [9.17, 15) is 4.79 Å². The molecule has 0 unspecified atom stereocenters. The molecule has 0 aromatic heterocycles. The molecule has 0 N–H and O–H groups in total. The minimum absolute atomic E-state index is 0.165. The Labute approximate surface area is 96.6 Å². The fraction of sp³-hybridized carbons (Fsp3) is 0.357. The van der Waals surface area contributed by atoms with Crippen molar-refractivity contribution in [1.82, 2.24) is 4.90 Å². The van der Waals surface area contributed by atoms with Crippen LogP contribution in [-0.4, -0.2) is 23.9 Å². The first-order valence-electron chi connectivity index (χ1n) is 5.75. The molecule has 1 aromatic carbocycles. The van der Waals surface area contributed by atoms with Crippen molar-refractivity contribution in [2.24, 2.45) is 0 Å². The summed E-state index contributed by atoms with van der Waals surface area (Å²) in [7, 11) is 0. The highest BCUT2D eigenvalue weighted by atomic mass is 16.2. The first-order chi connectivity index (χ1) is 7.72. The Morgan fingerprint density at radius 2 is 2.06 bits per heavy atom. The number of amides is 1. The molecule has 1 saturated heterocycles. The second-order valence-corrected chi connectivity index (χ2v) is 4.28. The third-order valence-electron chi connectivity index (χ3n) is 3.12. The molecule has 0 aliphatic carbocycles. The van der Waals surface area contributed by atoms with Crippen molar-refractivity contribution < 1.29 is 4.79 Å². The van der Waals surface area contributed by atoms with Crippen LogP contribution in [0.4, 0.5) is 0 Å². The van der Waals surface area contributed by atoms with Crippen molar-refractivity contribution in [1.29, 1.82) is 0 Å². The molecule has 2 heteroatoms. The van der Waals surface area contributed by atoms with Gasteiger partial charge in [-0.05, 0) is 37.0 Å². The van der Waals surface area contributed by atoms with Crippen molar-refractivity contribution in [2.45, 2.75) is 19.8 Å². The number of hydrogen-bond donors (Lipinski definition) is 0. The maximum absolute atomic E-state index is 12.2. The smallest absolute Gasteiger partial charge is 0.254 e. The molecule has 2 rings (SSSR count). The molecule has 84 valence electrons. The van der Waals surface area contributed by atoms with Crippen LogP contribution in [0, 0.1) is 6.92 Å². The Bertz CT molecular complexity index is 417. The molecular formula is C14H17NO. The average molecular weight is 215 g/mol. The molecule has 1 amide bonds. The second-order valence-electron chi connectivity index (χ2n) is 4.28. The van der Waals surface area contributed by atoms with Gasteiger partial charge in [0.2, 0.25) is 0 Å². The summed E-state index contributed by atoms with van der Waals surface area (Å²) in [4.78, 5) is 14.2. The second kappa shape index (κ2) is 4.52. The van der Waals surface area contributed by atoms with E-state index in [1.54, 1.807) is 6.08 Å².